The molecule has 3 aromatic carbocycles. The van der Waals surface area contributed by atoms with Gasteiger partial charge in [-0.15, -0.1) is 0 Å². The molecule has 0 saturated carbocycles. The number of halogens is 2. The van der Waals surface area contributed by atoms with Gasteiger partial charge in [-0.1, -0.05) is 30.3 Å². The van der Waals surface area contributed by atoms with E-state index < -0.39 is 21.7 Å². The molecule has 0 heterocycles. The van der Waals surface area contributed by atoms with Crippen LogP contribution in [0.3, 0.4) is 0 Å². The molecule has 0 aliphatic heterocycles. The zero-order chi connectivity index (χ0) is 19.4. The van der Waals surface area contributed by atoms with Crippen molar-refractivity contribution in [3.63, 3.8) is 0 Å². The highest BCUT2D eigenvalue weighted by atomic mass is 79.9. The van der Waals surface area contributed by atoms with E-state index in [0.717, 1.165) is 12.1 Å². The van der Waals surface area contributed by atoms with Crippen molar-refractivity contribution in [3.05, 3.63) is 88.6 Å². The van der Waals surface area contributed by atoms with Crippen LogP contribution in [0.2, 0.25) is 0 Å². The van der Waals surface area contributed by atoms with Gasteiger partial charge in [0, 0.05) is 4.47 Å². The molecule has 3 rings (SSSR count). The average Bonchev–Trinajstić information content (AvgIpc) is 2.64. The molecular formula is C19H13BrFNO4S. The topological polar surface area (TPSA) is 72.5 Å². The van der Waals surface area contributed by atoms with Crippen LogP contribution in [0.25, 0.3) is 0 Å². The number of hydrogen-bond donors (Lipinski definition) is 1. The van der Waals surface area contributed by atoms with Crippen molar-refractivity contribution >= 4 is 31.9 Å². The summed E-state index contributed by atoms with van der Waals surface area (Å²) in [6, 6.07) is 17.9. The number of carbonyl (C=O) groups excluding carboxylic acids is 1. The third kappa shape index (κ3) is 4.53. The van der Waals surface area contributed by atoms with E-state index in [4.69, 9.17) is 4.74 Å². The van der Waals surface area contributed by atoms with Crippen molar-refractivity contribution in [1.29, 1.82) is 0 Å². The second-order valence-electron chi connectivity index (χ2n) is 5.42. The van der Waals surface area contributed by atoms with Gasteiger partial charge >= 0.3 is 0 Å². The lowest BCUT2D eigenvalue weighted by atomic mass is 10.2. The molecule has 138 valence electrons. The smallest absolute Gasteiger partial charge is 0.268 e. The first kappa shape index (κ1) is 19.1. The number of rotatable bonds is 5. The molecule has 1 N–H and O–H groups in total. The summed E-state index contributed by atoms with van der Waals surface area (Å²) in [6.45, 7) is 0. The minimum atomic E-state index is -4.17. The zero-order valence-corrected chi connectivity index (χ0v) is 16.1. The Bertz CT molecular complexity index is 1090. The van der Waals surface area contributed by atoms with E-state index >= 15 is 0 Å². The van der Waals surface area contributed by atoms with E-state index in [1.807, 2.05) is 4.72 Å². The summed E-state index contributed by atoms with van der Waals surface area (Å²) in [5.41, 5.74) is -0.241. The number of amides is 1. The highest BCUT2D eigenvalue weighted by Crippen LogP contribution is 2.27. The van der Waals surface area contributed by atoms with Gasteiger partial charge in [0.2, 0.25) is 0 Å². The van der Waals surface area contributed by atoms with E-state index in [1.54, 1.807) is 36.4 Å². The predicted octanol–water partition coefficient (Wildman–Crippen LogP) is 4.50. The van der Waals surface area contributed by atoms with Gasteiger partial charge in [-0.2, -0.15) is 0 Å². The normalized spacial score (nSPS) is 11.0. The summed E-state index contributed by atoms with van der Waals surface area (Å²) < 4.78 is 46.5. The lowest BCUT2D eigenvalue weighted by molar-refractivity contribution is 0.0978. The molecule has 8 heteroatoms. The monoisotopic (exact) mass is 449 g/mol. The Morgan fingerprint density at radius 3 is 2.33 bits per heavy atom. The van der Waals surface area contributed by atoms with Gasteiger partial charge in [0.15, 0.2) is 0 Å². The summed E-state index contributed by atoms with van der Waals surface area (Å²) in [6.07, 6.45) is 0. The quantitative estimate of drug-likeness (QED) is 0.622. The van der Waals surface area contributed by atoms with Gasteiger partial charge in [-0.25, -0.2) is 17.5 Å². The highest BCUT2D eigenvalue weighted by molar-refractivity contribution is 9.10. The highest BCUT2D eigenvalue weighted by Gasteiger charge is 2.23. The first-order valence-corrected chi connectivity index (χ1v) is 9.98. The summed E-state index contributed by atoms with van der Waals surface area (Å²) in [7, 11) is -4.17. The van der Waals surface area contributed by atoms with Crippen molar-refractivity contribution in [3.8, 4) is 11.5 Å². The van der Waals surface area contributed by atoms with E-state index in [9.17, 15) is 17.6 Å². The molecule has 0 spiro atoms. The maximum Gasteiger partial charge on any atom is 0.268 e. The Morgan fingerprint density at radius 2 is 1.63 bits per heavy atom. The second kappa shape index (κ2) is 7.89. The molecule has 3 aromatic rings. The van der Waals surface area contributed by atoms with Crippen LogP contribution in [-0.2, 0) is 10.0 Å². The molecule has 0 radical (unpaired) electrons. The molecule has 0 atom stereocenters. The maximum atomic E-state index is 13.7. The van der Waals surface area contributed by atoms with E-state index in [-0.39, 0.29) is 16.2 Å². The van der Waals surface area contributed by atoms with Crippen LogP contribution in [0.15, 0.2) is 82.2 Å². The van der Waals surface area contributed by atoms with E-state index in [0.29, 0.717) is 10.2 Å². The van der Waals surface area contributed by atoms with Crippen LogP contribution in [0.4, 0.5) is 4.39 Å². The van der Waals surface area contributed by atoms with Crippen molar-refractivity contribution in [2.24, 2.45) is 0 Å². The Hall–Kier alpha value is -2.71. The predicted molar refractivity (Wildman–Crippen MR) is 102 cm³/mol. The van der Waals surface area contributed by atoms with Crippen LogP contribution < -0.4 is 9.46 Å². The first-order chi connectivity index (χ1) is 12.9. The molecule has 0 aromatic heterocycles. The number of carbonyl (C=O) groups is 1. The molecule has 5 nitrogen and oxygen atoms in total. The number of benzene rings is 3. The standard InChI is InChI=1S/C19H13BrFNO4S/c20-16-8-4-5-9-18(16)27(24,25)22-19(23)15-12-13(21)10-11-17(15)26-14-6-2-1-3-7-14/h1-12H,(H,22,23). The number of ether oxygens (including phenoxy) is 1. The van der Waals surface area contributed by atoms with Crippen LogP contribution in [-0.4, -0.2) is 14.3 Å². The van der Waals surface area contributed by atoms with Gasteiger partial charge in [0.05, 0.1) is 5.56 Å². The largest absolute Gasteiger partial charge is 0.457 e. The Kier molecular flexibility index (Phi) is 5.57. The van der Waals surface area contributed by atoms with Gasteiger partial charge in [0.1, 0.15) is 22.2 Å². The number of hydrogen-bond acceptors (Lipinski definition) is 4. The van der Waals surface area contributed by atoms with Crippen molar-refractivity contribution < 1.29 is 22.3 Å². The van der Waals surface area contributed by atoms with Crippen molar-refractivity contribution in [2.45, 2.75) is 4.90 Å². The zero-order valence-electron chi connectivity index (χ0n) is 13.7. The number of nitrogens with one attached hydrogen (secondary N) is 1. The van der Waals surface area contributed by atoms with Crippen LogP contribution >= 0.6 is 15.9 Å². The molecule has 0 unspecified atom stereocenters. The SMILES string of the molecule is O=C(NS(=O)(=O)c1ccccc1Br)c1cc(F)ccc1Oc1ccccc1. The third-order valence-electron chi connectivity index (χ3n) is 3.51. The van der Waals surface area contributed by atoms with Gasteiger partial charge < -0.3 is 4.74 Å². The second-order valence-corrected chi connectivity index (χ2v) is 7.93. The number of para-hydroxylation sites is 1. The van der Waals surface area contributed by atoms with Crippen LogP contribution in [0, 0.1) is 5.82 Å². The first-order valence-electron chi connectivity index (χ1n) is 7.71. The molecular weight excluding hydrogens is 437 g/mol. The minimum absolute atomic E-state index is 0.0300. The summed E-state index contributed by atoms with van der Waals surface area (Å²) in [5, 5.41) is 0. The summed E-state index contributed by atoms with van der Waals surface area (Å²) >= 11 is 3.13. The Labute approximate surface area is 164 Å². The molecule has 0 saturated heterocycles. The maximum absolute atomic E-state index is 13.7. The van der Waals surface area contributed by atoms with Gasteiger partial charge in [-0.05, 0) is 58.4 Å². The van der Waals surface area contributed by atoms with Crippen molar-refractivity contribution in [1.82, 2.24) is 4.72 Å². The van der Waals surface area contributed by atoms with Crippen molar-refractivity contribution in [2.75, 3.05) is 0 Å². The lowest BCUT2D eigenvalue weighted by Gasteiger charge is -2.12. The van der Waals surface area contributed by atoms with Gasteiger partial charge in [-0.3, -0.25) is 4.79 Å². The Morgan fingerprint density at radius 1 is 0.963 bits per heavy atom. The molecule has 1 amide bonds. The summed E-state index contributed by atoms with van der Waals surface area (Å²) in [5.74, 6) is -1.25. The van der Waals surface area contributed by atoms with Crippen LogP contribution in [0.1, 0.15) is 10.4 Å². The Balaban J connectivity index is 1.93. The summed E-state index contributed by atoms with van der Waals surface area (Å²) in [4.78, 5) is 12.4. The molecule has 0 bridgehead atoms. The fourth-order valence-corrected chi connectivity index (χ4v) is 4.25. The lowest BCUT2D eigenvalue weighted by Crippen LogP contribution is -2.31. The fourth-order valence-electron chi connectivity index (χ4n) is 2.28. The molecule has 27 heavy (non-hydrogen) atoms. The molecule has 0 aliphatic rings. The average molecular weight is 450 g/mol. The van der Waals surface area contributed by atoms with E-state index in [1.165, 1.54) is 24.3 Å². The molecule has 0 aliphatic carbocycles. The van der Waals surface area contributed by atoms with E-state index in [2.05, 4.69) is 15.9 Å². The van der Waals surface area contributed by atoms with Gasteiger partial charge in [0.25, 0.3) is 15.9 Å². The fraction of sp³-hybridized carbons (Fsp3) is 0. The van der Waals surface area contributed by atoms with Crippen LogP contribution in [0.5, 0.6) is 11.5 Å². The number of sulfonamides is 1. The third-order valence-corrected chi connectivity index (χ3v) is 5.85. The molecule has 0 fully saturated rings. The minimum Gasteiger partial charge on any atom is -0.457 e.